The molecule has 0 saturated carbocycles. The Morgan fingerprint density at radius 1 is 1.47 bits per heavy atom. The summed E-state index contributed by atoms with van der Waals surface area (Å²) in [5, 5.41) is 0. The predicted molar refractivity (Wildman–Crippen MR) is 67.6 cm³/mol. The number of amides is 1. The van der Waals surface area contributed by atoms with Crippen molar-refractivity contribution in [2.75, 3.05) is 7.05 Å². The normalized spacial score (nSPS) is 12.9. The van der Waals surface area contributed by atoms with Crippen molar-refractivity contribution in [3.63, 3.8) is 0 Å². The van der Waals surface area contributed by atoms with E-state index in [9.17, 15) is 18.0 Å². The Bertz CT molecular complexity index is 487. The van der Waals surface area contributed by atoms with Crippen LogP contribution in [0, 0.1) is 0 Å². The van der Waals surface area contributed by atoms with Crippen molar-refractivity contribution in [2.24, 2.45) is 5.73 Å². The predicted octanol–water partition coefficient (Wildman–Crippen LogP) is 1.85. The van der Waals surface area contributed by atoms with Crippen molar-refractivity contribution in [1.82, 2.24) is 9.88 Å². The fourth-order valence-electron chi connectivity index (χ4n) is 1.24. The monoisotopic (exact) mass is 291 g/mol. The van der Waals surface area contributed by atoms with E-state index in [4.69, 9.17) is 18.0 Å². The highest BCUT2D eigenvalue weighted by Crippen LogP contribution is 2.28. The molecule has 0 bridgehead atoms. The maximum atomic E-state index is 12.3. The van der Waals surface area contributed by atoms with Gasteiger partial charge in [-0.15, -0.1) is 0 Å². The lowest BCUT2D eigenvalue weighted by molar-refractivity contribution is -0.137. The number of nitrogens with zero attached hydrogens (tertiary/aromatic N) is 2. The largest absolute Gasteiger partial charge is 0.417 e. The molecule has 1 atom stereocenters. The lowest BCUT2D eigenvalue weighted by Crippen LogP contribution is -2.43. The second kappa shape index (κ2) is 5.52. The topological polar surface area (TPSA) is 59.2 Å². The first-order valence-electron chi connectivity index (χ1n) is 5.24. The first kappa shape index (κ1) is 15.4. The second-order valence-corrected chi connectivity index (χ2v) is 4.40. The molecule has 1 aromatic rings. The van der Waals surface area contributed by atoms with Crippen molar-refractivity contribution in [1.29, 1.82) is 0 Å². The van der Waals surface area contributed by atoms with E-state index in [2.05, 4.69) is 4.98 Å². The number of carbonyl (C=O) groups is 1. The number of alkyl halides is 3. The van der Waals surface area contributed by atoms with Crippen LogP contribution in [0.4, 0.5) is 13.2 Å². The van der Waals surface area contributed by atoms with Crippen LogP contribution in [0.5, 0.6) is 0 Å². The van der Waals surface area contributed by atoms with Crippen molar-refractivity contribution >= 4 is 23.1 Å². The summed E-state index contributed by atoms with van der Waals surface area (Å²) in [4.78, 5) is 16.8. The van der Waals surface area contributed by atoms with Crippen LogP contribution >= 0.6 is 12.2 Å². The molecule has 19 heavy (non-hydrogen) atoms. The standard InChI is InChI=1S/C11H12F3N3OS/c1-6(9(15)19)17(2)10(18)8-4-3-7(5-16-8)11(12,13)14/h3-6H,1-2H3,(H2,15,19). The van der Waals surface area contributed by atoms with E-state index in [-0.39, 0.29) is 10.7 Å². The maximum absolute atomic E-state index is 12.3. The number of aromatic nitrogens is 1. The van der Waals surface area contributed by atoms with Crippen LogP contribution in [0.1, 0.15) is 23.0 Å². The van der Waals surface area contributed by atoms with E-state index >= 15 is 0 Å². The lowest BCUT2D eigenvalue weighted by Gasteiger charge is -2.23. The molecule has 2 N–H and O–H groups in total. The Morgan fingerprint density at radius 2 is 2.05 bits per heavy atom. The van der Waals surface area contributed by atoms with Crippen LogP contribution < -0.4 is 5.73 Å². The Kier molecular flexibility index (Phi) is 4.46. The second-order valence-electron chi connectivity index (χ2n) is 3.92. The third kappa shape index (κ3) is 3.63. The number of nitrogens with two attached hydrogens (primary N) is 1. The third-order valence-electron chi connectivity index (χ3n) is 2.62. The first-order valence-corrected chi connectivity index (χ1v) is 5.65. The van der Waals surface area contributed by atoms with Gasteiger partial charge in [-0.2, -0.15) is 13.2 Å². The van der Waals surface area contributed by atoms with E-state index in [0.29, 0.717) is 6.20 Å². The van der Waals surface area contributed by atoms with Gasteiger partial charge >= 0.3 is 6.18 Å². The molecule has 0 fully saturated rings. The number of thiocarbonyl (C=S) groups is 1. The maximum Gasteiger partial charge on any atom is 0.417 e. The van der Waals surface area contributed by atoms with Crippen LogP contribution in [0.15, 0.2) is 18.3 Å². The molecular weight excluding hydrogens is 279 g/mol. The first-order chi connectivity index (χ1) is 8.64. The molecule has 0 aromatic carbocycles. The van der Waals surface area contributed by atoms with Crippen molar-refractivity contribution < 1.29 is 18.0 Å². The highest BCUT2D eigenvalue weighted by atomic mass is 32.1. The molecule has 0 aliphatic heterocycles. The Morgan fingerprint density at radius 3 is 2.42 bits per heavy atom. The molecule has 0 spiro atoms. The molecule has 4 nitrogen and oxygen atoms in total. The molecule has 1 heterocycles. The number of pyridine rings is 1. The zero-order valence-electron chi connectivity index (χ0n) is 10.2. The van der Waals surface area contributed by atoms with Gasteiger partial charge in [0.1, 0.15) is 5.69 Å². The fourth-order valence-corrected chi connectivity index (χ4v) is 1.39. The fraction of sp³-hybridized carbons (Fsp3) is 0.364. The molecule has 0 aliphatic carbocycles. The van der Waals surface area contributed by atoms with Gasteiger partial charge in [-0.3, -0.25) is 9.78 Å². The molecule has 104 valence electrons. The van der Waals surface area contributed by atoms with Crippen molar-refractivity contribution in [3.05, 3.63) is 29.6 Å². The Labute approximate surface area is 113 Å². The quantitative estimate of drug-likeness (QED) is 0.863. The van der Waals surface area contributed by atoms with Crippen LogP contribution in [0.3, 0.4) is 0 Å². The zero-order chi connectivity index (χ0) is 14.8. The number of likely N-dealkylation sites (N-methyl/N-ethyl adjacent to an activating group) is 1. The zero-order valence-corrected chi connectivity index (χ0v) is 11.0. The smallest absolute Gasteiger partial charge is 0.392 e. The van der Waals surface area contributed by atoms with Gasteiger partial charge in [-0.25, -0.2) is 0 Å². The van der Waals surface area contributed by atoms with Gasteiger partial charge < -0.3 is 10.6 Å². The van der Waals surface area contributed by atoms with Gasteiger partial charge in [0.15, 0.2) is 0 Å². The van der Waals surface area contributed by atoms with Crippen LogP contribution in [-0.2, 0) is 6.18 Å². The average Bonchev–Trinajstić information content (AvgIpc) is 2.35. The van der Waals surface area contributed by atoms with E-state index in [1.165, 1.54) is 11.9 Å². The summed E-state index contributed by atoms with van der Waals surface area (Å²) < 4.78 is 37.0. The minimum Gasteiger partial charge on any atom is -0.392 e. The highest BCUT2D eigenvalue weighted by Gasteiger charge is 2.31. The molecule has 1 rings (SSSR count). The van der Waals surface area contributed by atoms with E-state index < -0.39 is 23.7 Å². The van der Waals surface area contributed by atoms with E-state index in [1.54, 1.807) is 6.92 Å². The minimum atomic E-state index is -4.48. The molecule has 1 unspecified atom stereocenters. The van der Waals surface area contributed by atoms with Gasteiger partial charge in [0.05, 0.1) is 16.6 Å². The molecule has 0 saturated heterocycles. The van der Waals surface area contributed by atoms with Gasteiger partial charge in [-0.1, -0.05) is 12.2 Å². The minimum absolute atomic E-state index is 0.0985. The lowest BCUT2D eigenvalue weighted by atomic mass is 10.2. The SMILES string of the molecule is CC(C(N)=S)N(C)C(=O)c1ccc(C(F)(F)F)cn1. The van der Waals surface area contributed by atoms with Crippen LogP contribution in [0.2, 0.25) is 0 Å². The van der Waals surface area contributed by atoms with E-state index in [1.807, 2.05) is 0 Å². The third-order valence-corrected chi connectivity index (χ3v) is 2.96. The number of hydrogen-bond donors (Lipinski definition) is 1. The molecule has 0 radical (unpaired) electrons. The number of hydrogen-bond acceptors (Lipinski definition) is 3. The summed E-state index contributed by atoms with van der Waals surface area (Å²) in [6, 6.07) is 1.32. The highest BCUT2D eigenvalue weighted by molar-refractivity contribution is 7.80. The average molecular weight is 291 g/mol. The van der Waals surface area contributed by atoms with Crippen LogP contribution in [0.25, 0.3) is 0 Å². The number of carbonyl (C=O) groups excluding carboxylic acids is 1. The number of halogens is 3. The summed E-state index contributed by atoms with van der Waals surface area (Å²) >= 11 is 4.75. The summed E-state index contributed by atoms with van der Waals surface area (Å²) in [7, 11) is 1.45. The number of rotatable bonds is 3. The van der Waals surface area contributed by atoms with Gasteiger partial charge in [0.25, 0.3) is 5.91 Å². The molecule has 1 amide bonds. The Balaban J connectivity index is 2.93. The molecule has 8 heteroatoms. The molecule has 0 aliphatic rings. The van der Waals surface area contributed by atoms with Gasteiger partial charge in [0.2, 0.25) is 0 Å². The Hall–Kier alpha value is -1.70. The summed E-state index contributed by atoms with van der Waals surface area (Å²) in [6.45, 7) is 1.62. The molecular formula is C11H12F3N3OS. The molecule has 1 aromatic heterocycles. The van der Waals surface area contributed by atoms with Crippen molar-refractivity contribution in [3.8, 4) is 0 Å². The van der Waals surface area contributed by atoms with Gasteiger partial charge in [0, 0.05) is 13.2 Å². The summed E-state index contributed by atoms with van der Waals surface area (Å²) in [6.07, 6.45) is -3.86. The van der Waals surface area contributed by atoms with Crippen molar-refractivity contribution in [2.45, 2.75) is 19.1 Å². The van der Waals surface area contributed by atoms with E-state index in [0.717, 1.165) is 12.1 Å². The van der Waals surface area contributed by atoms with Crippen LogP contribution in [-0.4, -0.2) is 33.9 Å². The summed E-state index contributed by atoms with van der Waals surface area (Å²) in [5.41, 5.74) is 4.40. The summed E-state index contributed by atoms with van der Waals surface area (Å²) in [5.74, 6) is -0.547. The van der Waals surface area contributed by atoms with Gasteiger partial charge in [-0.05, 0) is 19.1 Å².